The molecule has 1 saturated heterocycles. The zero-order valence-electron chi connectivity index (χ0n) is 15.2. The van der Waals surface area contributed by atoms with Gasteiger partial charge in [0.1, 0.15) is 10.7 Å². The van der Waals surface area contributed by atoms with E-state index in [0.717, 1.165) is 11.0 Å². The van der Waals surface area contributed by atoms with Crippen molar-refractivity contribution >= 4 is 21.9 Å². The predicted molar refractivity (Wildman–Crippen MR) is 95.0 cm³/mol. The molecule has 2 N–H and O–H groups in total. The number of sulfonamides is 1. The minimum absolute atomic E-state index is 0.153. The molecule has 0 saturated carbocycles. The number of piperazine rings is 1. The number of benzene rings is 1. The van der Waals surface area contributed by atoms with E-state index >= 15 is 0 Å². The molecule has 150 valence electrons. The van der Waals surface area contributed by atoms with Crippen molar-refractivity contribution in [2.75, 3.05) is 46.4 Å². The van der Waals surface area contributed by atoms with Crippen LogP contribution in [-0.4, -0.2) is 71.0 Å². The molecule has 0 spiro atoms. The molecule has 0 radical (unpaired) electrons. The number of nitrogens with zero attached hydrogens (tertiary/aromatic N) is 1. The lowest BCUT2D eigenvalue weighted by molar-refractivity contribution is -0.895. The molecule has 0 atom stereocenters. The van der Waals surface area contributed by atoms with Crippen molar-refractivity contribution in [2.24, 2.45) is 0 Å². The first-order valence-corrected chi connectivity index (χ1v) is 10.2. The summed E-state index contributed by atoms with van der Waals surface area (Å²) in [5, 5.41) is 2.74. The first-order valence-electron chi connectivity index (χ1n) is 8.76. The van der Waals surface area contributed by atoms with Crippen molar-refractivity contribution in [3.05, 3.63) is 30.1 Å². The first kappa shape index (κ1) is 21.3. The van der Waals surface area contributed by atoms with Crippen molar-refractivity contribution < 1.29 is 32.0 Å². The highest BCUT2D eigenvalue weighted by Crippen LogP contribution is 2.18. The van der Waals surface area contributed by atoms with E-state index in [2.05, 4.69) is 10.1 Å². The summed E-state index contributed by atoms with van der Waals surface area (Å²) in [7, 11) is -2.56. The van der Waals surface area contributed by atoms with Crippen LogP contribution in [0.2, 0.25) is 0 Å². The van der Waals surface area contributed by atoms with Gasteiger partial charge in [-0.1, -0.05) is 12.1 Å². The molecule has 1 aromatic carbocycles. The summed E-state index contributed by atoms with van der Waals surface area (Å²) < 4.78 is 44.7. The van der Waals surface area contributed by atoms with E-state index in [-0.39, 0.29) is 42.8 Å². The van der Waals surface area contributed by atoms with Crippen LogP contribution in [0.15, 0.2) is 29.2 Å². The van der Waals surface area contributed by atoms with E-state index < -0.39 is 15.8 Å². The standard InChI is InChI=1S/C17H24FN3O5S/c1-26-17(23)7-4-8-19-16(22)13-20-9-11-21(12-10-20)27(24,25)15-6-3-2-5-14(15)18/h2-3,5-6H,4,7-13H2,1H3,(H,19,22)/p+1. The third-order valence-corrected chi connectivity index (χ3v) is 6.33. The van der Waals surface area contributed by atoms with Crippen LogP contribution in [-0.2, 0) is 24.3 Å². The number of carbonyl (C=O) groups excluding carboxylic acids is 2. The third-order valence-electron chi connectivity index (χ3n) is 4.40. The maximum absolute atomic E-state index is 13.8. The Bertz CT molecular complexity index is 764. The van der Waals surface area contributed by atoms with Gasteiger partial charge < -0.3 is 15.0 Å². The smallest absolute Gasteiger partial charge is 0.305 e. The van der Waals surface area contributed by atoms with Crippen LogP contribution < -0.4 is 10.2 Å². The van der Waals surface area contributed by atoms with Gasteiger partial charge in [0.05, 0.1) is 33.3 Å². The average Bonchev–Trinajstić information content (AvgIpc) is 2.65. The van der Waals surface area contributed by atoms with Crippen LogP contribution in [0.1, 0.15) is 12.8 Å². The zero-order valence-corrected chi connectivity index (χ0v) is 16.1. The maximum atomic E-state index is 13.8. The monoisotopic (exact) mass is 402 g/mol. The normalized spacial score (nSPS) is 16.1. The fourth-order valence-corrected chi connectivity index (χ4v) is 4.37. The summed E-state index contributed by atoms with van der Waals surface area (Å²) >= 11 is 0. The van der Waals surface area contributed by atoms with Crippen LogP contribution in [0.4, 0.5) is 4.39 Å². The summed E-state index contributed by atoms with van der Waals surface area (Å²) in [5.41, 5.74) is 0. The number of carbonyl (C=O) groups is 2. The molecule has 0 aliphatic carbocycles. The molecule has 1 aromatic rings. The Morgan fingerprint density at radius 2 is 1.93 bits per heavy atom. The molecule has 2 rings (SSSR count). The van der Waals surface area contributed by atoms with E-state index in [9.17, 15) is 22.4 Å². The Morgan fingerprint density at radius 1 is 1.26 bits per heavy atom. The molecule has 1 aliphatic heterocycles. The van der Waals surface area contributed by atoms with E-state index in [1.165, 1.54) is 29.6 Å². The molecular weight excluding hydrogens is 377 g/mol. The molecule has 10 heteroatoms. The highest BCUT2D eigenvalue weighted by molar-refractivity contribution is 7.89. The van der Waals surface area contributed by atoms with Crippen LogP contribution in [0, 0.1) is 5.82 Å². The molecule has 8 nitrogen and oxygen atoms in total. The average molecular weight is 402 g/mol. The number of ether oxygens (including phenoxy) is 1. The summed E-state index contributed by atoms with van der Waals surface area (Å²) in [6.07, 6.45) is 0.749. The number of quaternary nitrogens is 1. The number of esters is 1. The Morgan fingerprint density at radius 3 is 2.56 bits per heavy atom. The Kier molecular flexibility index (Phi) is 7.69. The van der Waals surface area contributed by atoms with Gasteiger partial charge in [0.25, 0.3) is 5.91 Å². The van der Waals surface area contributed by atoms with Gasteiger partial charge in [-0.15, -0.1) is 0 Å². The van der Waals surface area contributed by atoms with Gasteiger partial charge in [0.2, 0.25) is 10.0 Å². The molecule has 0 bridgehead atoms. The Labute approximate surface area is 158 Å². The van der Waals surface area contributed by atoms with Crippen LogP contribution >= 0.6 is 0 Å². The summed E-state index contributed by atoms with van der Waals surface area (Å²) in [5.74, 6) is -1.24. The third kappa shape index (κ3) is 5.98. The van der Waals surface area contributed by atoms with Gasteiger partial charge in [-0.25, -0.2) is 12.8 Å². The van der Waals surface area contributed by atoms with E-state index in [0.29, 0.717) is 26.1 Å². The second-order valence-electron chi connectivity index (χ2n) is 6.29. The number of hydrogen-bond donors (Lipinski definition) is 2. The summed E-state index contributed by atoms with van der Waals surface area (Å²) in [6.45, 7) is 1.98. The Balaban J connectivity index is 1.77. The summed E-state index contributed by atoms with van der Waals surface area (Å²) in [4.78, 5) is 23.6. The van der Waals surface area contributed by atoms with E-state index in [4.69, 9.17) is 0 Å². The number of halogens is 1. The first-order chi connectivity index (χ1) is 12.8. The highest BCUT2D eigenvalue weighted by Gasteiger charge is 2.32. The van der Waals surface area contributed by atoms with Crippen LogP contribution in [0.25, 0.3) is 0 Å². The van der Waals surface area contributed by atoms with Gasteiger partial charge >= 0.3 is 5.97 Å². The van der Waals surface area contributed by atoms with E-state index in [1.807, 2.05) is 0 Å². The van der Waals surface area contributed by atoms with Crippen molar-refractivity contribution in [3.8, 4) is 0 Å². The van der Waals surface area contributed by atoms with Crippen LogP contribution in [0.3, 0.4) is 0 Å². The fourth-order valence-electron chi connectivity index (χ4n) is 2.86. The maximum Gasteiger partial charge on any atom is 0.305 e. The molecular formula is C17H25FN3O5S+. The number of rotatable bonds is 8. The predicted octanol–water partition coefficient (Wildman–Crippen LogP) is -1.22. The molecule has 1 fully saturated rings. The SMILES string of the molecule is COC(=O)CCCNC(=O)C[NH+]1CCN(S(=O)(=O)c2ccccc2F)CC1. The quantitative estimate of drug-likeness (QED) is 0.420. The van der Waals surface area contributed by atoms with Gasteiger partial charge in [-0.05, 0) is 18.6 Å². The van der Waals surface area contributed by atoms with Gasteiger partial charge in [0.15, 0.2) is 6.54 Å². The number of methoxy groups -OCH3 is 1. The van der Waals surface area contributed by atoms with Gasteiger partial charge in [-0.2, -0.15) is 4.31 Å². The lowest BCUT2D eigenvalue weighted by Crippen LogP contribution is -3.15. The minimum atomic E-state index is -3.87. The lowest BCUT2D eigenvalue weighted by atomic mass is 10.3. The number of amides is 1. The fraction of sp³-hybridized carbons (Fsp3) is 0.529. The van der Waals surface area contributed by atoms with Crippen molar-refractivity contribution in [1.29, 1.82) is 0 Å². The summed E-state index contributed by atoms with van der Waals surface area (Å²) in [6, 6.07) is 5.31. The van der Waals surface area contributed by atoms with Crippen LogP contribution in [0.5, 0.6) is 0 Å². The minimum Gasteiger partial charge on any atom is -0.469 e. The molecule has 1 amide bonds. The lowest BCUT2D eigenvalue weighted by Gasteiger charge is -2.31. The largest absolute Gasteiger partial charge is 0.469 e. The second-order valence-corrected chi connectivity index (χ2v) is 8.20. The van der Waals surface area contributed by atoms with E-state index in [1.54, 1.807) is 0 Å². The van der Waals surface area contributed by atoms with Crippen molar-refractivity contribution in [1.82, 2.24) is 9.62 Å². The van der Waals surface area contributed by atoms with Gasteiger partial charge in [-0.3, -0.25) is 9.59 Å². The molecule has 0 unspecified atom stereocenters. The zero-order chi connectivity index (χ0) is 19.9. The highest BCUT2D eigenvalue weighted by atomic mass is 32.2. The van der Waals surface area contributed by atoms with Gasteiger partial charge in [0, 0.05) is 13.0 Å². The Hall–Kier alpha value is -2.04. The number of nitrogens with one attached hydrogen (secondary N) is 2. The number of hydrogen-bond acceptors (Lipinski definition) is 5. The van der Waals surface area contributed by atoms with Crippen molar-refractivity contribution in [3.63, 3.8) is 0 Å². The molecule has 27 heavy (non-hydrogen) atoms. The van der Waals surface area contributed by atoms with Crippen molar-refractivity contribution in [2.45, 2.75) is 17.7 Å². The topological polar surface area (TPSA) is 97.2 Å². The second kappa shape index (κ2) is 9.77. The molecule has 0 aromatic heterocycles. The molecule has 1 aliphatic rings. The molecule has 1 heterocycles.